The van der Waals surface area contributed by atoms with Crippen LogP contribution >= 0.6 is 12.2 Å². The number of carbonyl (C=O) groups is 1. The van der Waals surface area contributed by atoms with E-state index in [1.807, 2.05) is 6.92 Å². The Morgan fingerprint density at radius 1 is 1.47 bits per heavy atom. The minimum atomic E-state index is -0.769. The third-order valence-corrected chi connectivity index (χ3v) is 3.80. The van der Waals surface area contributed by atoms with E-state index < -0.39 is 5.41 Å². The zero-order valence-corrected chi connectivity index (χ0v) is 11.8. The van der Waals surface area contributed by atoms with Crippen LogP contribution < -0.4 is 11.1 Å². The van der Waals surface area contributed by atoms with Gasteiger partial charge in [0.25, 0.3) is 0 Å². The normalized spacial score (nSPS) is 19.0. The van der Waals surface area contributed by atoms with Gasteiger partial charge in [0, 0.05) is 12.6 Å². The van der Waals surface area contributed by atoms with Gasteiger partial charge in [0.1, 0.15) is 0 Å². The molecule has 0 aromatic heterocycles. The van der Waals surface area contributed by atoms with Gasteiger partial charge in [-0.15, -0.1) is 0 Å². The zero-order valence-electron chi connectivity index (χ0n) is 11.0. The first-order valence-corrected chi connectivity index (χ1v) is 6.58. The predicted octanol–water partition coefficient (Wildman–Crippen LogP) is 0.899. The highest BCUT2D eigenvalue weighted by atomic mass is 32.1. The van der Waals surface area contributed by atoms with Gasteiger partial charge in [-0.25, -0.2) is 0 Å². The van der Waals surface area contributed by atoms with E-state index in [1.54, 1.807) is 13.8 Å². The molecule has 0 radical (unpaired) electrons. The first-order valence-electron chi connectivity index (χ1n) is 6.17. The van der Waals surface area contributed by atoms with Gasteiger partial charge in [-0.05, 0) is 46.7 Å². The van der Waals surface area contributed by atoms with Crippen molar-refractivity contribution in [1.82, 2.24) is 10.2 Å². The fourth-order valence-corrected chi connectivity index (χ4v) is 2.01. The molecule has 1 aliphatic rings. The number of hydrogen-bond acceptors (Lipinski definition) is 3. The Bertz CT molecular complexity index is 298. The molecule has 1 amide bonds. The molecule has 1 saturated heterocycles. The molecule has 3 N–H and O–H groups in total. The molecule has 0 bridgehead atoms. The lowest BCUT2D eigenvalue weighted by molar-refractivity contribution is -0.126. The van der Waals surface area contributed by atoms with Crippen molar-refractivity contribution in [3.63, 3.8) is 0 Å². The summed E-state index contributed by atoms with van der Waals surface area (Å²) in [5.74, 6) is -0.0864. The van der Waals surface area contributed by atoms with Gasteiger partial charge >= 0.3 is 0 Å². The van der Waals surface area contributed by atoms with Crippen molar-refractivity contribution < 1.29 is 4.79 Å². The summed E-state index contributed by atoms with van der Waals surface area (Å²) >= 11 is 4.91. The quantitative estimate of drug-likeness (QED) is 0.719. The molecular weight excluding hydrogens is 234 g/mol. The Morgan fingerprint density at radius 2 is 2.00 bits per heavy atom. The number of amides is 1. The maximum Gasteiger partial charge on any atom is 0.232 e. The summed E-state index contributed by atoms with van der Waals surface area (Å²) in [7, 11) is 0. The van der Waals surface area contributed by atoms with Crippen LogP contribution in [0, 0.1) is 5.41 Å². The van der Waals surface area contributed by atoms with Gasteiger partial charge < -0.3 is 16.0 Å². The second kappa shape index (κ2) is 5.78. The monoisotopic (exact) mass is 257 g/mol. The molecule has 1 rings (SSSR count). The van der Waals surface area contributed by atoms with Crippen LogP contribution in [0.15, 0.2) is 0 Å². The summed E-state index contributed by atoms with van der Waals surface area (Å²) in [6.07, 6.45) is 2.53. The number of nitrogens with one attached hydrogen (secondary N) is 1. The summed E-state index contributed by atoms with van der Waals surface area (Å²) < 4.78 is 0. The fraction of sp³-hybridized carbons (Fsp3) is 0.833. The molecular formula is C12H23N3OS. The third kappa shape index (κ3) is 3.92. The maximum atomic E-state index is 12.0. The SMILES string of the molecule is CC(CN1CCCC1)NC(=O)C(C)(C)C(N)=S. The van der Waals surface area contributed by atoms with E-state index in [-0.39, 0.29) is 16.9 Å². The Kier molecular flexibility index (Phi) is 4.89. The highest BCUT2D eigenvalue weighted by Gasteiger charge is 2.31. The highest BCUT2D eigenvalue weighted by molar-refractivity contribution is 7.80. The van der Waals surface area contributed by atoms with E-state index >= 15 is 0 Å². The summed E-state index contributed by atoms with van der Waals surface area (Å²) in [5.41, 5.74) is 4.80. The minimum absolute atomic E-state index is 0.0864. The van der Waals surface area contributed by atoms with Crippen molar-refractivity contribution in [2.24, 2.45) is 11.1 Å². The standard InChI is InChI=1S/C12H23N3OS/c1-9(8-15-6-4-5-7-15)14-11(16)12(2,3)10(13)17/h9H,4-8H2,1-3H3,(H2,13,17)(H,14,16). The van der Waals surface area contributed by atoms with E-state index in [2.05, 4.69) is 10.2 Å². The molecule has 5 heteroatoms. The van der Waals surface area contributed by atoms with E-state index in [4.69, 9.17) is 18.0 Å². The van der Waals surface area contributed by atoms with Crippen LogP contribution in [0.25, 0.3) is 0 Å². The first kappa shape index (κ1) is 14.4. The smallest absolute Gasteiger partial charge is 0.232 e. The predicted molar refractivity (Wildman–Crippen MR) is 73.8 cm³/mol. The van der Waals surface area contributed by atoms with Crippen molar-refractivity contribution in [1.29, 1.82) is 0 Å². The molecule has 1 fully saturated rings. The van der Waals surface area contributed by atoms with Gasteiger partial charge in [-0.2, -0.15) is 0 Å². The number of nitrogens with two attached hydrogens (primary N) is 1. The van der Waals surface area contributed by atoms with Crippen LogP contribution in [0.5, 0.6) is 0 Å². The number of nitrogens with zero attached hydrogens (tertiary/aromatic N) is 1. The van der Waals surface area contributed by atoms with Crippen LogP contribution in [0.1, 0.15) is 33.6 Å². The number of rotatable bonds is 5. The molecule has 17 heavy (non-hydrogen) atoms. The molecule has 1 aliphatic heterocycles. The van der Waals surface area contributed by atoms with E-state index in [1.165, 1.54) is 12.8 Å². The van der Waals surface area contributed by atoms with Gasteiger partial charge in [-0.1, -0.05) is 12.2 Å². The lowest BCUT2D eigenvalue weighted by atomic mass is 9.92. The van der Waals surface area contributed by atoms with Crippen LogP contribution in [0.4, 0.5) is 0 Å². The maximum absolute atomic E-state index is 12.0. The number of carbonyl (C=O) groups excluding carboxylic acids is 1. The van der Waals surface area contributed by atoms with E-state index in [0.717, 1.165) is 19.6 Å². The molecule has 1 heterocycles. The fourth-order valence-electron chi connectivity index (χ4n) is 1.91. The first-order chi connectivity index (χ1) is 7.84. The minimum Gasteiger partial charge on any atom is -0.392 e. The molecule has 1 unspecified atom stereocenters. The van der Waals surface area contributed by atoms with Crippen molar-refractivity contribution in [2.75, 3.05) is 19.6 Å². The molecule has 4 nitrogen and oxygen atoms in total. The number of likely N-dealkylation sites (tertiary alicyclic amines) is 1. The lowest BCUT2D eigenvalue weighted by Crippen LogP contribution is -2.50. The van der Waals surface area contributed by atoms with Gasteiger partial charge in [0.2, 0.25) is 5.91 Å². The molecule has 0 aromatic rings. The number of thiocarbonyl (C=S) groups is 1. The lowest BCUT2D eigenvalue weighted by Gasteiger charge is -2.27. The second-order valence-corrected chi connectivity index (χ2v) is 5.81. The average Bonchev–Trinajstić information content (AvgIpc) is 2.69. The largest absolute Gasteiger partial charge is 0.392 e. The Labute approximate surface area is 109 Å². The van der Waals surface area contributed by atoms with Crippen molar-refractivity contribution in [3.8, 4) is 0 Å². The van der Waals surface area contributed by atoms with Crippen LogP contribution in [0.2, 0.25) is 0 Å². The van der Waals surface area contributed by atoms with Crippen LogP contribution in [0.3, 0.4) is 0 Å². The summed E-state index contributed by atoms with van der Waals surface area (Å²) in [5, 5.41) is 2.98. The topological polar surface area (TPSA) is 58.4 Å². The average molecular weight is 257 g/mol. The van der Waals surface area contributed by atoms with Crippen LogP contribution in [-0.2, 0) is 4.79 Å². The molecule has 0 aromatic carbocycles. The van der Waals surface area contributed by atoms with E-state index in [9.17, 15) is 4.79 Å². The van der Waals surface area contributed by atoms with Crippen molar-refractivity contribution in [2.45, 2.75) is 39.7 Å². The van der Waals surface area contributed by atoms with Crippen LogP contribution in [-0.4, -0.2) is 41.5 Å². The van der Waals surface area contributed by atoms with Gasteiger partial charge in [-0.3, -0.25) is 4.79 Å². The van der Waals surface area contributed by atoms with Gasteiger partial charge in [0.15, 0.2) is 0 Å². The highest BCUT2D eigenvalue weighted by Crippen LogP contribution is 2.16. The molecule has 0 aliphatic carbocycles. The zero-order chi connectivity index (χ0) is 13.1. The molecule has 0 saturated carbocycles. The second-order valence-electron chi connectivity index (χ2n) is 5.37. The molecule has 98 valence electrons. The Morgan fingerprint density at radius 3 is 2.47 bits per heavy atom. The Hall–Kier alpha value is -0.680. The van der Waals surface area contributed by atoms with Gasteiger partial charge in [0.05, 0.1) is 10.4 Å². The van der Waals surface area contributed by atoms with Crippen molar-refractivity contribution in [3.05, 3.63) is 0 Å². The molecule has 0 spiro atoms. The summed E-state index contributed by atoms with van der Waals surface area (Å²) in [6.45, 7) is 8.71. The summed E-state index contributed by atoms with van der Waals surface area (Å²) in [6, 6.07) is 0.134. The van der Waals surface area contributed by atoms with E-state index in [0.29, 0.717) is 0 Å². The third-order valence-electron chi connectivity index (χ3n) is 3.29. The number of hydrogen-bond donors (Lipinski definition) is 2. The van der Waals surface area contributed by atoms with Crippen molar-refractivity contribution >= 4 is 23.1 Å². The summed E-state index contributed by atoms with van der Waals surface area (Å²) in [4.78, 5) is 14.6. The molecule has 1 atom stereocenters. The Balaban J connectivity index is 2.42.